The molecule has 1 aliphatic heterocycles. The maximum Gasteiger partial charge on any atom is 0.257 e. The lowest BCUT2D eigenvalue weighted by Gasteiger charge is -2.35. The molecule has 0 radical (unpaired) electrons. The molecule has 0 saturated heterocycles. The zero-order chi connectivity index (χ0) is 24.5. The minimum absolute atomic E-state index is 0.00865. The Kier molecular flexibility index (Phi) is 9.82. The highest BCUT2D eigenvalue weighted by Crippen LogP contribution is 2.24. The molecule has 5 nitrogen and oxygen atoms in total. The number of amides is 2. The summed E-state index contributed by atoms with van der Waals surface area (Å²) >= 11 is 6.00. The van der Waals surface area contributed by atoms with Crippen molar-refractivity contribution in [3.8, 4) is 5.75 Å². The van der Waals surface area contributed by atoms with Gasteiger partial charge >= 0.3 is 0 Å². The van der Waals surface area contributed by atoms with Crippen LogP contribution in [0.2, 0.25) is 5.02 Å². The van der Waals surface area contributed by atoms with E-state index < -0.39 is 0 Å². The zero-order valence-electron chi connectivity index (χ0n) is 20.6. The van der Waals surface area contributed by atoms with Crippen molar-refractivity contribution in [3.63, 3.8) is 0 Å². The average Bonchev–Trinajstić information content (AvgIpc) is 2.84. The van der Waals surface area contributed by atoms with Crippen molar-refractivity contribution in [3.05, 3.63) is 64.7 Å². The molecule has 34 heavy (non-hydrogen) atoms. The van der Waals surface area contributed by atoms with Crippen molar-refractivity contribution in [2.24, 2.45) is 5.92 Å². The molecule has 1 heterocycles. The Morgan fingerprint density at radius 3 is 2.47 bits per heavy atom. The largest absolute Gasteiger partial charge is 0.491 e. The van der Waals surface area contributed by atoms with Crippen molar-refractivity contribution in [2.45, 2.75) is 58.9 Å². The quantitative estimate of drug-likeness (QED) is 0.534. The Labute approximate surface area is 209 Å². The van der Waals surface area contributed by atoms with E-state index >= 15 is 0 Å². The van der Waals surface area contributed by atoms with Gasteiger partial charge in [-0.15, -0.1) is 0 Å². The average molecular weight is 485 g/mol. The third-order valence-electron chi connectivity index (χ3n) is 6.55. The number of halogens is 1. The van der Waals surface area contributed by atoms with Crippen LogP contribution in [-0.2, 0) is 11.2 Å². The van der Waals surface area contributed by atoms with Gasteiger partial charge in [-0.05, 0) is 68.4 Å². The highest BCUT2D eigenvalue weighted by molar-refractivity contribution is 6.30. The molecule has 0 saturated carbocycles. The zero-order valence-corrected chi connectivity index (χ0v) is 21.4. The molecule has 2 aromatic carbocycles. The van der Waals surface area contributed by atoms with Crippen LogP contribution in [-0.4, -0.2) is 53.9 Å². The summed E-state index contributed by atoms with van der Waals surface area (Å²) in [5, 5.41) is 0.700. The smallest absolute Gasteiger partial charge is 0.257 e. The van der Waals surface area contributed by atoms with E-state index in [2.05, 4.69) is 13.8 Å². The summed E-state index contributed by atoms with van der Waals surface area (Å²) in [5.74, 6) is 0.963. The summed E-state index contributed by atoms with van der Waals surface area (Å²) in [7, 11) is 0. The standard InChI is InChI=1S/C28H37ClN2O3/c1-4-30-18-8-5-9-19-31(27(32)17-14-22-12-15-23(29)16-13-22)25(21(2)3)20-34-26-11-7-6-10-24(26)28(30)33/h6-7,10-13,15-16,21,25H,4-5,8-9,14,17-20H2,1-3H3/t25-/m1/s1. The molecule has 0 bridgehead atoms. The maximum atomic E-state index is 13.4. The van der Waals surface area contributed by atoms with E-state index in [1.54, 1.807) is 0 Å². The van der Waals surface area contributed by atoms with E-state index in [-0.39, 0.29) is 23.8 Å². The second kappa shape index (κ2) is 12.8. The van der Waals surface area contributed by atoms with E-state index in [1.807, 2.05) is 65.3 Å². The van der Waals surface area contributed by atoms with Gasteiger partial charge in [0.1, 0.15) is 12.4 Å². The van der Waals surface area contributed by atoms with Gasteiger partial charge in [0.15, 0.2) is 0 Å². The first kappa shape index (κ1) is 26.1. The minimum atomic E-state index is -0.0658. The number of benzene rings is 2. The number of carbonyl (C=O) groups is 2. The Morgan fingerprint density at radius 1 is 1.06 bits per heavy atom. The number of nitrogens with zero attached hydrogens (tertiary/aromatic N) is 2. The van der Waals surface area contributed by atoms with Crippen LogP contribution in [0, 0.1) is 5.92 Å². The number of rotatable bonds is 5. The summed E-state index contributed by atoms with van der Waals surface area (Å²) < 4.78 is 6.24. The molecule has 0 spiro atoms. The second-order valence-corrected chi connectivity index (χ2v) is 9.71. The fourth-order valence-electron chi connectivity index (χ4n) is 4.44. The molecule has 0 aliphatic carbocycles. The summed E-state index contributed by atoms with van der Waals surface area (Å²) in [4.78, 5) is 30.5. The molecule has 0 fully saturated rings. The van der Waals surface area contributed by atoms with E-state index in [0.717, 1.165) is 24.8 Å². The van der Waals surface area contributed by atoms with E-state index in [4.69, 9.17) is 16.3 Å². The summed E-state index contributed by atoms with van der Waals surface area (Å²) in [6.07, 6.45) is 3.93. The number of fused-ring (bicyclic) bond motifs is 1. The normalized spacial score (nSPS) is 17.9. The van der Waals surface area contributed by atoms with Crippen molar-refractivity contribution in [1.82, 2.24) is 9.80 Å². The number of para-hydroxylation sites is 1. The van der Waals surface area contributed by atoms with Crippen LogP contribution in [0.25, 0.3) is 0 Å². The van der Waals surface area contributed by atoms with Crippen molar-refractivity contribution < 1.29 is 14.3 Å². The van der Waals surface area contributed by atoms with Gasteiger partial charge in [0.2, 0.25) is 5.91 Å². The molecule has 3 rings (SSSR count). The Morgan fingerprint density at radius 2 is 1.76 bits per heavy atom. The Hall–Kier alpha value is -2.53. The summed E-state index contributed by atoms with van der Waals surface area (Å²) in [6, 6.07) is 15.1. The van der Waals surface area contributed by atoms with Gasteiger partial charge in [-0.2, -0.15) is 0 Å². The molecular formula is C28H37ClN2O3. The lowest BCUT2D eigenvalue weighted by molar-refractivity contribution is -0.135. The number of hydrogen-bond acceptors (Lipinski definition) is 3. The van der Waals surface area contributed by atoms with Crippen LogP contribution >= 0.6 is 11.6 Å². The lowest BCUT2D eigenvalue weighted by atomic mass is 10.0. The molecule has 1 atom stereocenters. The van der Waals surface area contributed by atoms with Gasteiger partial charge in [-0.1, -0.05) is 49.7 Å². The molecule has 6 heteroatoms. The first-order valence-electron chi connectivity index (χ1n) is 12.5. The fourth-order valence-corrected chi connectivity index (χ4v) is 4.57. The van der Waals surface area contributed by atoms with Crippen LogP contribution in [0.4, 0.5) is 0 Å². The van der Waals surface area contributed by atoms with Crippen LogP contribution in [0.1, 0.15) is 62.4 Å². The topological polar surface area (TPSA) is 49.9 Å². The van der Waals surface area contributed by atoms with Crippen molar-refractivity contribution in [2.75, 3.05) is 26.2 Å². The van der Waals surface area contributed by atoms with E-state index in [9.17, 15) is 9.59 Å². The third-order valence-corrected chi connectivity index (χ3v) is 6.81. The van der Waals surface area contributed by atoms with Crippen LogP contribution in [0.15, 0.2) is 48.5 Å². The second-order valence-electron chi connectivity index (χ2n) is 9.28. The molecule has 184 valence electrons. The molecule has 2 amide bonds. The Balaban J connectivity index is 1.80. The monoisotopic (exact) mass is 484 g/mol. The fraction of sp³-hybridized carbons (Fsp3) is 0.500. The molecule has 0 unspecified atom stereocenters. The number of carbonyl (C=O) groups excluding carboxylic acids is 2. The summed E-state index contributed by atoms with van der Waals surface area (Å²) in [5.41, 5.74) is 1.69. The van der Waals surface area contributed by atoms with Crippen LogP contribution in [0.5, 0.6) is 5.75 Å². The van der Waals surface area contributed by atoms with Gasteiger partial charge in [0.25, 0.3) is 5.91 Å². The highest BCUT2D eigenvalue weighted by Gasteiger charge is 2.28. The third kappa shape index (κ3) is 6.99. The molecule has 0 aromatic heterocycles. The molecule has 1 aliphatic rings. The van der Waals surface area contributed by atoms with Gasteiger partial charge in [-0.3, -0.25) is 9.59 Å². The number of ether oxygens (including phenoxy) is 1. The van der Waals surface area contributed by atoms with Crippen molar-refractivity contribution in [1.29, 1.82) is 0 Å². The first-order valence-corrected chi connectivity index (χ1v) is 12.8. The first-order chi connectivity index (χ1) is 16.4. The molecular weight excluding hydrogens is 448 g/mol. The van der Waals surface area contributed by atoms with E-state index in [1.165, 1.54) is 0 Å². The molecule has 0 N–H and O–H groups in total. The van der Waals surface area contributed by atoms with Crippen LogP contribution in [0.3, 0.4) is 0 Å². The minimum Gasteiger partial charge on any atom is -0.491 e. The number of hydrogen-bond donors (Lipinski definition) is 0. The highest BCUT2D eigenvalue weighted by atomic mass is 35.5. The van der Waals surface area contributed by atoms with Gasteiger partial charge < -0.3 is 14.5 Å². The van der Waals surface area contributed by atoms with E-state index in [0.29, 0.717) is 55.4 Å². The predicted octanol–water partition coefficient (Wildman–Crippen LogP) is 5.85. The summed E-state index contributed by atoms with van der Waals surface area (Å²) in [6.45, 7) is 8.70. The predicted molar refractivity (Wildman–Crippen MR) is 137 cm³/mol. The van der Waals surface area contributed by atoms with Gasteiger partial charge in [-0.25, -0.2) is 0 Å². The molecule has 2 aromatic rings. The SMILES string of the molecule is CCN1CCCCCN(C(=O)CCc2ccc(Cl)cc2)[C@@H](C(C)C)COc2ccccc2C1=O. The van der Waals surface area contributed by atoms with Crippen molar-refractivity contribution >= 4 is 23.4 Å². The van der Waals surface area contributed by atoms with Crippen LogP contribution < -0.4 is 4.74 Å². The van der Waals surface area contributed by atoms with Gasteiger partial charge in [0, 0.05) is 31.1 Å². The van der Waals surface area contributed by atoms with Gasteiger partial charge in [0.05, 0.1) is 11.6 Å². The Bertz CT molecular complexity index is 945. The maximum absolute atomic E-state index is 13.4. The number of aryl methyl sites for hydroxylation is 1. The lowest BCUT2D eigenvalue weighted by Crippen LogP contribution is -2.47.